The van der Waals surface area contributed by atoms with Crippen LogP contribution >= 0.6 is 11.6 Å². The van der Waals surface area contributed by atoms with Gasteiger partial charge in [0.2, 0.25) is 0 Å². The Balaban J connectivity index is 1.79. The molecule has 0 saturated heterocycles. The molecular formula is C13H21ClN4O. The van der Waals surface area contributed by atoms with E-state index in [0.717, 1.165) is 43.5 Å². The summed E-state index contributed by atoms with van der Waals surface area (Å²) < 4.78 is 0. The first kappa shape index (κ1) is 14.7. The molecule has 1 aromatic heterocycles. The second-order valence-corrected chi connectivity index (χ2v) is 5.33. The highest BCUT2D eigenvalue weighted by molar-refractivity contribution is 6.31. The smallest absolute Gasteiger partial charge is 0.116 e. The summed E-state index contributed by atoms with van der Waals surface area (Å²) in [6.45, 7) is 2.37. The van der Waals surface area contributed by atoms with Crippen molar-refractivity contribution in [2.75, 3.05) is 0 Å². The maximum absolute atomic E-state index is 6.20. The number of hydroxylamine groups is 1. The molecule has 1 saturated carbocycles. The van der Waals surface area contributed by atoms with Crippen LogP contribution < -0.4 is 11.2 Å². The lowest BCUT2D eigenvalue weighted by Crippen LogP contribution is -2.37. The van der Waals surface area contributed by atoms with E-state index in [2.05, 4.69) is 15.4 Å². The van der Waals surface area contributed by atoms with Gasteiger partial charge in [0.25, 0.3) is 0 Å². The zero-order valence-corrected chi connectivity index (χ0v) is 12.0. The number of aryl methyl sites for hydroxylation is 1. The van der Waals surface area contributed by atoms with Crippen LogP contribution in [0.2, 0.25) is 5.02 Å². The van der Waals surface area contributed by atoms with Crippen LogP contribution in [0.5, 0.6) is 0 Å². The molecule has 1 fully saturated rings. The number of halogens is 1. The van der Waals surface area contributed by atoms with E-state index in [1.54, 1.807) is 0 Å². The van der Waals surface area contributed by atoms with Crippen LogP contribution in [0.25, 0.3) is 0 Å². The van der Waals surface area contributed by atoms with E-state index >= 15 is 0 Å². The summed E-state index contributed by atoms with van der Waals surface area (Å²) in [5, 5.41) is 0.609. The maximum atomic E-state index is 6.20. The van der Waals surface area contributed by atoms with E-state index in [0.29, 0.717) is 23.7 Å². The van der Waals surface area contributed by atoms with Gasteiger partial charge in [-0.2, -0.15) is 5.48 Å². The first-order valence-electron chi connectivity index (χ1n) is 6.81. The number of rotatable bonds is 5. The van der Waals surface area contributed by atoms with E-state index < -0.39 is 0 Å². The Bertz CT molecular complexity index is 408. The number of hydrogen-bond acceptors (Lipinski definition) is 5. The van der Waals surface area contributed by atoms with Crippen LogP contribution in [0.1, 0.15) is 44.0 Å². The average molecular weight is 285 g/mol. The van der Waals surface area contributed by atoms with Gasteiger partial charge in [-0.05, 0) is 32.1 Å². The van der Waals surface area contributed by atoms with E-state index in [4.69, 9.17) is 22.2 Å². The summed E-state index contributed by atoms with van der Waals surface area (Å²) in [7, 11) is 0. The highest BCUT2D eigenvalue weighted by atomic mass is 35.5. The molecule has 0 aromatic carbocycles. The highest BCUT2D eigenvalue weighted by Crippen LogP contribution is 2.19. The topological polar surface area (TPSA) is 73.1 Å². The predicted octanol–water partition coefficient (Wildman–Crippen LogP) is 1.98. The van der Waals surface area contributed by atoms with Crippen molar-refractivity contribution in [1.82, 2.24) is 15.4 Å². The summed E-state index contributed by atoms with van der Waals surface area (Å²) in [6.07, 6.45) is 6.54. The normalized spacial score (nSPS) is 23.5. The Kier molecular flexibility index (Phi) is 5.51. The second kappa shape index (κ2) is 7.14. The molecule has 6 heteroatoms. The van der Waals surface area contributed by atoms with E-state index in [9.17, 15) is 0 Å². The van der Waals surface area contributed by atoms with Gasteiger partial charge in [0.1, 0.15) is 12.9 Å². The lowest BCUT2D eigenvalue weighted by Gasteiger charge is -2.26. The van der Waals surface area contributed by atoms with Crippen LogP contribution in [0.4, 0.5) is 0 Å². The Morgan fingerprint density at radius 1 is 1.32 bits per heavy atom. The Morgan fingerprint density at radius 3 is 2.68 bits per heavy atom. The standard InChI is InChI=1S/C13H21ClN4O/c1-2-11-13(14)12(17-8-16-11)7-19-18-10-5-3-9(15)4-6-10/h8-10,18H,2-7,15H2,1H3. The van der Waals surface area contributed by atoms with Gasteiger partial charge in [0.05, 0.1) is 16.4 Å². The molecule has 0 spiro atoms. The number of hydrogen-bond donors (Lipinski definition) is 2. The van der Waals surface area contributed by atoms with Crippen molar-refractivity contribution in [3.8, 4) is 0 Å². The molecule has 5 nitrogen and oxygen atoms in total. The monoisotopic (exact) mass is 284 g/mol. The van der Waals surface area contributed by atoms with Crippen LogP contribution in [-0.2, 0) is 17.9 Å². The lowest BCUT2D eigenvalue weighted by atomic mass is 9.92. The van der Waals surface area contributed by atoms with Crippen molar-refractivity contribution < 1.29 is 4.84 Å². The third kappa shape index (κ3) is 4.11. The Morgan fingerprint density at radius 2 is 2.00 bits per heavy atom. The highest BCUT2D eigenvalue weighted by Gasteiger charge is 2.18. The van der Waals surface area contributed by atoms with Gasteiger partial charge in [-0.3, -0.25) is 4.84 Å². The SMILES string of the molecule is CCc1ncnc(CONC2CCC(N)CC2)c1Cl. The minimum absolute atomic E-state index is 0.349. The van der Waals surface area contributed by atoms with Crippen LogP contribution in [0.3, 0.4) is 0 Å². The minimum Gasteiger partial charge on any atom is -0.328 e. The van der Waals surface area contributed by atoms with Gasteiger partial charge in [0.15, 0.2) is 0 Å². The number of aromatic nitrogens is 2. The van der Waals surface area contributed by atoms with Gasteiger partial charge < -0.3 is 5.73 Å². The largest absolute Gasteiger partial charge is 0.328 e. The molecule has 0 unspecified atom stereocenters. The Labute approximate surface area is 118 Å². The van der Waals surface area contributed by atoms with Gasteiger partial charge >= 0.3 is 0 Å². The summed E-state index contributed by atoms with van der Waals surface area (Å²) >= 11 is 6.20. The molecule has 0 bridgehead atoms. The molecule has 3 N–H and O–H groups in total. The van der Waals surface area contributed by atoms with Crippen molar-refractivity contribution >= 4 is 11.6 Å². The van der Waals surface area contributed by atoms with Crippen LogP contribution in [0.15, 0.2) is 6.33 Å². The van der Waals surface area contributed by atoms with E-state index in [1.165, 1.54) is 6.33 Å². The first-order chi connectivity index (χ1) is 9.20. The third-order valence-corrected chi connectivity index (χ3v) is 3.94. The molecule has 0 atom stereocenters. The fourth-order valence-corrected chi connectivity index (χ4v) is 2.55. The molecule has 0 amide bonds. The fourth-order valence-electron chi connectivity index (χ4n) is 2.26. The molecule has 1 heterocycles. The molecule has 106 valence electrons. The number of nitrogens with one attached hydrogen (secondary N) is 1. The Hall–Kier alpha value is -0.750. The fraction of sp³-hybridized carbons (Fsp3) is 0.692. The lowest BCUT2D eigenvalue weighted by molar-refractivity contribution is -0.00717. The maximum Gasteiger partial charge on any atom is 0.116 e. The van der Waals surface area contributed by atoms with Crippen molar-refractivity contribution in [2.45, 2.75) is 57.7 Å². The summed E-state index contributed by atoms with van der Waals surface area (Å²) in [5.41, 5.74) is 10.5. The quantitative estimate of drug-likeness (QED) is 0.809. The number of nitrogens with zero attached hydrogens (tertiary/aromatic N) is 2. The summed E-state index contributed by atoms with van der Waals surface area (Å²) in [6, 6.07) is 0.729. The first-order valence-corrected chi connectivity index (χ1v) is 7.19. The van der Waals surface area contributed by atoms with Crippen molar-refractivity contribution in [3.63, 3.8) is 0 Å². The molecule has 0 aliphatic heterocycles. The van der Waals surface area contributed by atoms with Gasteiger partial charge in [0, 0.05) is 12.1 Å². The van der Waals surface area contributed by atoms with E-state index in [1.807, 2.05) is 6.92 Å². The zero-order chi connectivity index (χ0) is 13.7. The molecule has 1 aliphatic rings. The van der Waals surface area contributed by atoms with Crippen LogP contribution in [0, 0.1) is 0 Å². The van der Waals surface area contributed by atoms with Gasteiger partial charge in [-0.25, -0.2) is 9.97 Å². The minimum atomic E-state index is 0.349. The molecule has 1 aliphatic carbocycles. The van der Waals surface area contributed by atoms with Gasteiger partial charge in [-0.1, -0.05) is 18.5 Å². The summed E-state index contributed by atoms with van der Waals surface area (Å²) in [5.74, 6) is 0. The summed E-state index contributed by atoms with van der Waals surface area (Å²) in [4.78, 5) is 13.8. The van der Waals surface area contributed by atoms with E-state index in [-0.39, 0.29) is 0 Å². The van der Waals surface area contributed by atoms with Crippen LogP contribution in [-0.4, -0.2) is 22.1 Å². The molecule has 2 rings (SSSR count). The molecular weight excluding hydrogens is 264 g/mol. The predicted molar refractivity (Wildman–Crippen MR) is 74.6 cm³/mol. The van der Waals surface area contributed by atoms with Crippen molar-refractivity contribution in [3.05, 3.63) is 22.7 Å². The molecule has 1 aromatic rings. The molecule has 19 heavy (non-hydrogen) atoms. The molecule has 0 radical (unpaired) electrons. The second-order valence-electron chi connectivity index (χ2n) is 4.95. The van der Waals surface area contributed by atoms with Crippen molar-refractivity contribution in [2.24, 2.45) is 5.73 Å². The average Bonchev–Trinajstić information content (AvgIpc) is 2.43. The zero-order valence-electron chi connectivity index (χ0n) is 11.2. The van der Waals surface area contributed by atoms with Crippen molar-refractivity contribution in [1.29, 1.82) is 0 Å². The number of nitrogens with two attached hydrogens (primary N) is 1. The third-order valence-electron chi connectivity index (χ3n) is 3.50. The van der Waals surface area contributed by atoms with Gasteiger partial charge in [-0.15, -0.1) is 0 Å².